The van der Waals surface area contributed by atoms with Crippen LogP contribution in [0.3, 0.4) is 0 Å². The van der Waals surface area contributed by atoms with Crippen LogP contribution in [0.25, 0.3) is 10.1 Å². The highest BCUT2D eigenvalue weighted by Crippen LogP contribution is 2.28. The Balaban J connectivity index is 2.45. The van der Waals surface area contributed by atoms with Crippen LogP contribution >= 0.6 is 11.3 Å². The first kappa shape index (κ1) is 11.3. The molecule has 0 spiro atoms. The number of anilines is 1. The maximum absolute atomic E-state index is 10.8. The number of hydrogen-bond donors (Lipinski definition) is 3. The molecule has 0 aliphatic heterocycles. The Labute approximate surface area is 97.2 Å². The highest BCUT2D eigenvalue weighted by atomic mass is 32.2. The summed E-state index contributed by atoms with van der Waals surface area (Å²) in [7, 11) is -3.71. The van der Waals surface area contributed by atoms with Crippen molar-refractivity contribution in [2.75, 3.05) is 4.72 Å². The van der Waals surface area contributed by atoms with E-state index in [9.17, 15) is 8.42 Å². The molecule has 1 aromatic heterocycles. The molecule has 0 aliphatic carbocycles. The van der Waals surface area contributed by atoms with E-state index >= 15 is 0 Å². The molecule has 7 heteroatoms. The summed E-state index contributed by atoms with van der Waals surface area (Å²) in [5.41, 5.74) is 7.09. The third-order valence-electron chi connectivity index (χ3n) is 2.14. The zero-order valence-corrected chi connectivity index (χ0v) is 9.94. The second kappa shape index (κ2) is 4.02. The van der Waals surface area contributed by atoms with Crippen LogP contribution in [0, 0.1) is 0 Å². The zero-order chi connectivity index (χ0) is 11.8. The lowest BCUT2D eigenvalue weighted by molar-refractivity contribution is 0.603. The minimum Gasteiger partial charge on any atom is -0.326 e. The van der Waals surface area contributed by atoms with Crippen molar-refractivity contribution in [3.8, 4) is 0 Å². The van der Waals surface area contributed by atoms with Gasteiger partial charge in [-0.05, 0) is 28.5 Å². The fraction of sp³-hybridized carbons (Fsp3) is 0.111. The van der Waals surface area contributed by atoms with Crippen molar-refractivity contribution in [1.29, 1.82) is 0 Å². The lowest BCUT2D eigenvalue weighted by atomic mass is 10.2. The number of thiophene rings is 1. The van der Waals surface area contributed by atoms with Crippen LogP contribution in [-0.2, 0) is 16.8 Å². The summed E-state index contributed by atoms with van der Waals surface area (Å²) in [5.74, 6) is 0. The average Bonchev–Trinajstić information content (AvgIpc) is 2.57. The molecule has 0 saturated heterocycles. The highest BCUT2D eigenvalue weighted by Gasteiger charge is 2.06. The summed E-state index contributed by atoms with van der Waals surface area (Å²) in [4.78, 5) is 0. The molecule has 0 radical (unpaired) electrons. The maximum atomic E-state index is 10.8. The van der Waals surface area contributed by atoms with Crippen molar-refractivity contribution >= 4 is 37.3 Å². The Morgan fingerprint density at radius 1 is 1.38 bits per heavy atom. The molecule has 16 heavy (non-hydrogen) atoms. The third kappa shape index (κ3) is 2.33. The molecule has 0 amide bonds. The van der Waals surface area contributed by atoms with Gasteiger partial charge in [-0.2, -0.15) is 8.42 Å². The van der Waals surface area contributed by atoms with Gasteiger partial charge in [0, 0.05) is 11.2 Å². The van der Waals surface area contributed by atoms with Gasteiger partial charge in [0.25, 0.3) is 10.2 Å². The monoisotopic (exact) mass is 257 g/mol. The third-order valence-corrected chi connectivity index (χ3v) is 3.65. The lowest BCUT2D eigenvalue weighted by Gasteiger charge is -2.03. The van der Waals surface area contributed by atoms with Crippen molar-refractivity contribution in [2.24, 2.45) is 10.9 Å². The van der Waals surface area contributed by atoms with Gasteiger partial charge in [0.05, 0.1) is 5.69 Å². The van der Waals surface area contributed by atoms with Crippen molar-refractivity contribution < 1.29 is 8.42 Å². The molecule has 5 N–H and O–H groups in total. The SMILES string of the molecule is NCc1csc2cc(NS(N)(=O)=O)ccc12. The number of nitrogens with one attached hydrogen (secondary N) is 1. The minimum absolute atomic E-state index is 0.459. The minimum atomic E-state index is -3.71. The molecule has 0 aliphatic rings. The Morgan fingerprint density at radius 3 is 2.75 bits per heavy atom. The maximum Gasteiger partial charge on any atom is 0.296 e. The van der Waals surface area contributed by atoms with Crippen molar-refractivity contribution in [3.05, 3.63) is 29.1 Å². The largest absolute Gasteiger partial charge is 0.326 e. The first-order chi connectivity index (χ1) is 7.49. The summed E-state index contributed by atoms with van der Waals surface area (Å²) in [6, 6.07) is 5.24. The molecule has 1 heterocycles. The van der Waals surface area contributed by atoms with Crippen LogP contribution in [0.1, 0.15) is 5.56 Å². The summed E-state index contributed by atoms with van der Waals surface area (Å²) in [6.45, 7) is 0.474. The highest BCUT2D eigenvalue weighted by molar-refractivity contribution is 7.90. The number of hydrogen-bond acceptors (Lipinski definition) is 4. The zero-order valence-electron chi connectivity index (χ0n) is 8.30. The van der Waals surface area contributed by atoms with Gasteiger partial charge in [-0.25, -0.2) is 5.14 Å². The van der Waals surface area contributed by atoms with Gasteiger partial charge in [0.15, 0.2) is 0 Å². The number of benzene rings is 1. The van der Waals surface area contributed by atoms with Gasteiger partial charge >= 0.3 is 0 Å². The van der Waals surface area contributed by atoms with Crippen molar-refractivity contribution in [2.45, 2.75) is 6.54 Å². The molecule has 2 aromatic rings. The van der Waals surface area contributed by atoms with E-state index in [1.54, 1.807) is 12.1 Å². The van der Waals surface area contributed by atoms with Crippen molar-refractivity contribution in [1.82, 2.24) is 0 Å². The van der Waals surface area contributed by atoms with E-state index in [4.69, 9.17) is 10.9 Å². The summed E-state index contributed by atoms with van der Waals surface area (Å²) in [6.07, 6.45) is 0. The van der Waals surface area contributed by atoms with E-state index < -0.39 is 10.2 Å². The predicted octanol–water partition coefficient (Wildman–Crippen LogP) is 0.975. The second-order valence-corrected chi connectivity index (χ2v) is 5.53. The van der Waals surface area contributed by atoms with Gasteiger partial charge in [0.1, 0.15) is 0 Å². The van der Waals surface area contributed by atoms with Crippen LogP contribution in [-0.4, -0.2) is 8.42 Å². The molecule has 0 bridgehead atoms. The normalized spacial score (nSPS) is 11.9. The van der Waals surface area contributed by atoms with Gasteiger partial charge < -0.3 is 5.73 Å². The van der Waals surface area contributed by atoms with Crippen LogP contribution in [0.5, 0.6) is 0 Å². The van der Waals surface area contributed by atoms with Gasteiger partial charge in [-0.3, -0.25) is 4.72 Å². The molecule has 86 valence electrons. The van der Waals surface area contributed by atoms with E-state index in [2.05, 4.69) is 4.72 Å². The van der Waals surface area contributed by atoms with E-state index in [0.717, 1.165) is 15.6 Å². The fourth-order valence-electron chi connectivity index (χ4n) is 1.47. The Bertz CT molecular complexity index is 619. The summed E-state index contributed by atoms with van der Waals surface area (Å²) in [5, 5.41) is 7.90. The fourth-order valence-corrected chi connectivity index (χ4v) is 2.94. The molecule has 0 atom stereocenters. The first-order valence-corrected chi connectivity index (χ1v) is 6.93. The van der Waals surface area contributed by atoms with E-state index in [0.29, 0.717) is 12.2 Å². The lowest BCUT2D eigenvalue weighted by Crippen LogP contribution is -2.21. The first-order valence-electron chi connectivity index (χ1n) is 4.50. The van der Waals surface area contributed by atoms with Gasteiger partial charge in [0.2, 0.25) is 0 Å². The van der Waals surface area contributed by atoms with Crippen molar-refractivity contribution in [3.63, 3.8) is 0 Å². The van der Waals surface area contributed by atoms with Crippen LogP contribution in [0.4, 0.5) is 5.69 Å². The topological polar surface area (TPSA) is 98.2 Å². The molecule has 0 saturated carbocycles. The molecular weight excluding hydrogens is 246 g/mol. The number of nitrogens with two attached hydrogens (primary N) is 2. The van der Waals surface area contributed by atoms with E-state index in [1.807, 2.05) is 11.4 Å². The van der Waals surface area contributed by atoms with Gasteiger partial charge in [-0.15, -0.1) is 11.3 Å². The number of fused-ring (bicyclic) bond motifs is 1. The molecule has 0 unspecified atom stereocenters. The Kier molecular flexibility index (Phi) is 2.85. The Morgan fingerprint density at radius 2 is 2.12 bits per heavy atom. The van der Waals surface area contributed by atoms with Gasteiger partial charge in [-0.1, -0.05) is 6.07 Å². The van der Waals surface area contributed by atoms with Crippen LogP contribution in [0.2, 0.25) is 0 Å². The predicted molar refractivity (Wildman–Crippen MR) is 66.4 cm³/mol. The smallest absolute Gasteiger partial charge is 0.296 e. The van der Waals surface area contributed by atoms with E-state index in [1.165, 1.54) is 11.3 Å². The summed E-state index contributed by atoms with van der Waals surface area (Å²) < 4.78 is 24.9. The molecule has 1 aromatic carbocycles. The second-order valence-electron chi connectivity index (χ2n) is 3.32. The molecule has 5 nitrogen and oxygen atoms in total. The van der Waals surface area contributed by atoms with Crippen LogP contribution in [0.15, 0.2) is 23.6 Å². The number of rotatable bonds is 3. The quantitative estimate of drug-likeness (QED) is 0.764. The molecule has 2 rings (SSSR count). The summed E-state index contributed by atoms with van der Waals surface area (Å²) >= 11 is 1.52. The molecule has 0 fully saturated rings. The molecular formula is C9H11N3O2S2. The Hall–Kier alpha value is -1.15. The standard InChI is InChI=1S/C9H11N3O2S2/c10-4-6-5-15-9-3-7(1-2-8(6)9)12-16(11,13)14/h1-3,5,12H,4,10H2,(H2,11,13,14). The average molecular weight is 257 g/mol. The van der Waals surface area contributed by atoms with E-state index in [-0.39, 0.29) is 0 Å². The van der Waals surface area contributed by atoms with Crippen LogP contribution < -0.4 is 15.6 Å².